The summed E-state index contributed by atoms with van der Waals surface area (Å²) in [6, 6.07) is 9.79. The topological polar surface area (TPSA) is 75.7 Å². The molecule has 32 heavy (non-hydrogen) atoms. The summed E-state index contributed by atoms with van der Waals surface area (Å²) in [4.78, 5) is 13.0. The fourth-order valence-electron chi connectivity index (χ4n) is 4.47. The van der Waals surface area contributed by atoms with E-state index in [0.29, 0.717) is 30.0 Å². The van der Waals surface area contributed by atoms with E-state index in [1.54, 1.807) is 19.1 Å². The Labute approximate surface area is 188 Å². The van der Waals surface area contributed by atoms with E-state index in [0.717, 1.165) is 31.2 Å². The quantitative estimate of drug-likeness (QED) is 0.703. The maximum atomic E-state index is 14.0. The highest BCUT2D eigenvalue weighted by molar-refractivity contribution is 7.89. The maximum absolute atomic E-state index is 14.0. The van der Waals surface area contributed by atoms with E-state index in [4.69, 9.17) is 4.74 Å². The van der Waals surface area contributed by atoms with Crippen LogP contribution in [0.2, 0.25) is 0 Å². The molecule has 1 aliphatic heterocycles. The molecule has 1 amide bonds. The normalized spacial score (nSPS) is 17.6. The Balaban J connectivity index is 1.37. The molecule has 2 aromatic carbocycles. The second-order valence-electron chi connectivity index (χ2n) is 8.38. The van der Waals surface area contributed by atoms with E-state index in [1.807, 2.05) is 12.1 Å². The molecule has 4 rings (SSSR count). The molecule has 1 fully saturated rings. The van der Waals surface area contributed by atoms with Crippen LogP contribution in [0.1, 0.15) is 43.7 Å². The molecule has 0 saturated carbocycles. The number of nitrogens with one attached hydrogen (secondary N) is 1. The van der Waals surface area contributed by atoms with Crippen molar-refractivity contribution in [2.75, 3.05) is 25.0 Å². The minimum absolute atomic E-state index is 0.145. The summed E-state index contributed by atoms with van der Waals surface area (Å²) >= 11 is 0. The number of anilines is 1. The molecule has 1 heterocycles. The lowest BCUT2D eigenvalue weighted by Gasteiger charge is -2.31. The number of nitrogens with zero attached hydrogens (tertiary/aromatic N) is 1. The summed E-state index contributed by atoms with van der Waals surface area (Å²) in [7, 11) is -3.58. The van der Waals surface area contributed by atoms with Gasteiger partial charge in [-0.3, -0.25) is 4.79 Å². The standard InChI is InChI=1S/C24H29FN2O4S/c1-2-31-23-10-8-20(16-22(23)25)26-24(28)18-11-13-27(14-12-18)32(29,30)21-9-7-17-5-3-4-6-19(17)15-21/h7-10,15-16,18H,2-6,11-14H2,1H3,(H,26,28). The molecule has 2 aliphatic rings. The number of carbonyl (C=O) groups is 1. The van der Waals surface area contributed by atoms with Crippen LogP contribution in [-0.2, 0) is 27.7 Å². The summed E-state index contributed by atoms with van der Waals surface area (Å²) in [5, 5.41) is 2.74. The van der Waals surface area contributed by atoms with Gasteiger partial charge in [-0.2, -0.15) is 4.31 Å². The number of amides is 1. The van der Waals surface area contributed by atoms with Crippen LogP contribution in [0.3, 0.4) is 0 Å². The molecule has 0 spiro atoms. The first kappa shape index (κ1) is 22.7. The summed E-state index contributed by atoms with van der Waals surface area (Å²) in [5.74, 6) is -0.930. The first-order valence-corrected chi connectivity index (χ1v) is 12.7. The zero-order valence-electron chi connectivity index (χ0n) is 18.3. The second kappa shape index (κ2) is 9.58. The van der Waals surface area contributed by atoms with Gasteiger partial charge in [0.1, 0.15) is 0 Å². The number of piperidine rings is 1. The molecule has 8 heteroatoms. The predicted molar refractivity (Wildman–Crippen MR) is 121 cm³/mol. The molecule has 0 unspecified atom stereocenters. The number of halogens is 1. The van der Waals surface area contributed by atoms with Crippen molar-refractivity contribution in [1.82, 2.24) is 4.31 Å². The van der Waals surface area contributed by atoms with Gasteiger partial charge in [-0.1, -0.05) is 6.07 Å². The van der Waals surface area contributed by atoms with E-state index < -0.39 is 15.8 Å². The Morgan fingerprint density at radius 3 is 2.50 bits per heavy atom. The molecule has 1 aliphatic carbocycles. The van der Waals surface area contributed by atoms with Crippen LogP contribution in [-0.4, -0.2) is 38.3 Å². The molecule has 0 aromatic heterocycles. The van der Waals surface area contributed by atoms with Gasteiger partial charge < -0.3 is 10.1 Å². The summed E-state index contributed by atoms with van der Waals surface area (Å²) in [6.45, 7) is 2.70. The predicted octanol–water partition coefficient (Wildman–Crippen LogP) is 4.14. The molecular weight excluding hydrogens is 431 g/mol. The number of ether oxygens (including phenoxy) is 1. The largest absolute Gasteiger partial charge is 0.491 e. The number of sulfonamides is 1. The van der Waals surface area contributed by atoms with Crippen LogP contribution in [0.15, 0.2) is 41.3 Å². The Morgan fingerprint density at radius 1 is 1.09 bits per heavy atom. The van der Waals surface area contributed by atoms with Crippen LogP contribution in [0.4, 0.5) is 10.1 Å². The van der Waals surface area contributed by atoms with Gasteiger partial charge in [0.15, 0.2) is 11.6 Å². The van der Waals surface area contributed by atoms with Gasteiger partial charge in [-0.05, 0) is 80.8 Å². The summed E-state index contributed by atoms with van der Waals surface area (Å²) < 4.78 is 46.9. The second-order valence-corrected chi connectivity index (χ2v) is 10.3. The molecule has 6 nitrogen and oxygen atoms in total. The van der Waals surface area contributed by atoms with Crippen LogP contribution in [0, 0.1) is 11.7 Å². The monoisotopic (exact) mass is 460 g/mol. The SMILES string of the molecule is CCOc1ccc(NC(=O)C2CCN(S(=O)(=O)c3ccc4c(c3)CCCC4)CC2)cc1F. The Morgan fingerprint density at radius 2 is 1.81 bits per heavy atom. The van der Waals surface area contributed by atoms with Crippen LogP contribution < -0.4 is 10.1 Å². The van der Waals surface area contributed by atoms with Gasteiger partial charge in [0, 0.05) is 30.8 Å². The third-order valence-corrected chi connectivity index (χ3v) is 8.18. The molecule has 0 atom stereocenters. The summed E-state index contributed by atoms with van der Waals surface area (Å²) in [5.41, 5.74) is 2.74. The first-order valence-electron chi connectivity index (χ1n) is 11.2. The van der Waals surface area contributed by atoms with Crippen molar-refractivity contribution in [3.05, 3.63) is 53.3 Å². The fraction of sp³-hybridized carbons (Fsp3) is 0.458. The van der Waals surface area contributed by atoms with Gasteiger partial charge in [-0.25, -0.2) is 12.8 Å². The summed E-state index contributed by atoms with van der Waals surface area (Å²) in [6.07, 6.45) is 5.03. The lowest BCUT2D eigenvalue weighted by molar-refractivity contribution is -0.120. The van der Waals surface area contributed by atoms with E-state index >= 15 is 0 Å². The van der Waals surface area contributed by atoms with Crippen LogP contribution in [0.25, 0.3) is 0 Å². The number of benzene rings is 2. The Bertz CT molecular complexity index is 1100. The highest BCUT2D eigenvalue weighted by atomic mass is 32.2. The number of aryl methyl sites for hydroxylation is 2. The average molecular weight is 461 g/mol. The van der Waals surface area contributed by atoms with Crippen molar-refractivity contribution >= 4 is 21.6 Å². The van der Waals surface area contributed by atoms with Gasteiger partial charge in [0.05, 0.1) is 11.5 Å². The van der Waals surface area contributed by atoms with E-state index in [-0.39, 0.29) is 30.7 Å². The van der Waals surface area contributed by atoms with Crippen molar-refractivity contribution in [3.8, 4) is 5.75 Å². The highest BCUT2D eigenvalue weighted by Gasteiger charge is 2.32. The highest BCUT2D eigenvalue weighted by Crippen LogP contribution is 2.29. The number of carbonyl (C=O) groups excluding carboxylic acids is 1. The van der Waals surface area contributed by atoms with Crippen molar-refractivity contribution in [3.63, 3.8) is 0 Å². The van der Waals surface area contributed by atoms with Gasteiger partial charge in [-0.15, -0.1) is 0 Å². The molecule has 2 aromatic rings. The number of hydrogen-bond donors (Lipinski definition) is 1. The lowest BCUT2D eigenvalue weighted by atomic mass is 9.92. The third-order valence-electron chi connectivity index (χ3n) is 6.28. The lowest BCUT2D eigenvalue weighted by Crippen LogP contribution is -2.41. The maximum Gasteiger partial charge on any atom is 0.243 e. The number of hydrogen-bond acceptors (Lipinski definition) is 4. The van der Waals surface area contributed by atoms with E-state index in [1.165, 1.54) is 22.0 Å². The van der Waals surface area contributed by atoms with Crippen molar-refractivity contribution in [1.29, 1.82) is 0 Å². The average Bonchev–Trinajstić information content (AvgIpc) is 2.80. The fourth-order valence-corrected chi connectivity index (χ4v) is 5.99. The van der Waals surface area contributed by atoms with E-state index in [2.05, 4.69) is 5.32 Å². The number of rotatable bonds is 6. The Kier molecular flexibility index (Phi) is 6.81. The minimum Gasteiger partial charge on any atom is -0.491 e. The van der Waals surface area contributed by atoms with Crippen molar-refractivity contribution in [2.24, 2.45) is 5.92 Å². The molecule has 1 saturated heterocycles. The molecule has 0 radical (unpaired) electrons. The Hall–Kier alpha value is -2.45. The minimum atomic E-state index is -3.58. The third kappa shape index (κ3) is 4.81. The molecule has 0 bridgehead atoms. The van der Waals surface area contributed by atoms with Gasteiger partial charge in [0.2, 0.25) is 15.9 Å². The smallest absolute Gasteiger partial charge is 0.243 e. The van der Waals surface area contributed by atoms with E-state index in [9.17, 15) is 17.6 Å². The van der Waals surface area contributed by atoms with Crippen LogP contribution in [0.5, 0.6) is 5.75 Å². The zero-order chi connectivity index (χ0) is 22.7. The van der Waals surface area contributed by atoms with Gasteiger partial charge >= 0.3 is 0 Å². The zero-order valence-corrected chi connectivity index (χ0v) is 19.1. The first-order chi connectivity index (χ1) is 15.4. The number of fused-ring (bicyclic) bond motifs is 1. The molecular formula is C24H29FN2O4S. The molecule has 172 valence electrons. The van der Waals surface area contributed by atoms with Crippen molar-refractivity contribution in [2.45, 2.75) is 50.3 Å². The van der Waals surface area contributed by atoms with Crippen molar-refractivity contribution < 1.29 is 22.3 Å². The van der Waals surface area contributed by atoms with Crippen LogP contribution >= 0.6 is 0 Å². The molecule has 1 N–H and O–H groups in total. The van der Waals surface area contributed by atoms with Gasteiger partial charge in [0.25, 0.3) is 0 Å².